The summed E-state index contributed by atoms with van der Waals surface area (Å²) < 4.78 is 29.0. The van der Waals surface area contributed by atoms with Crippen LogP contribution < -0.4 is 4.72 Å². The van der Waals surface area contributed by atoms with Crippen LogP contribution in [0.2, 0.25) is 0 Å². The zero-order valence-electron chi connectivity index (χ0n) is 12.0. The van der Waals surface area contributed by atoms with Crippen LogP contribution >= 0.6 is 11.6 Å². The molecule has 0 aromatic carbocycles. The van der Waals surface area contributed by atoms with E-state index in [-0.39, 0.29) is 10.4 Å². The molecule has 1 aliphatic carbocycles. The number of nitrogens with zero attached hydrogens (tertiary/aromatic N) is 2. The number of imidazole rings is 1. The standard InChI is InChI=1S/C13H22ClN3O2S/c1-3-6-17-9-13(16-10(17)2)20(18,19)15-8-11-4-5-12(14)7-11/h9,11-12,15H,3-8H2,1-2H3. The summed E-state index contributed by atoms with van der Waals surface area (Å²) in [7, 11) is -3.51. The molecule has 1 aromatic rings. The molecule has 7 heteroatoms. The van der Waals surface area contributed by atoms with Crippen LogP contribution in [0.4, 0.5) is 0 Å². The van der Waals surface area contributed by atoms with Crippen LogP contribution in [-0.4, -0.2) is 29.9 Å². The minimum atomic E-state index is -3.51. The maximum absolute atomic E-state index is 12.2. The molecule has 0 spiro atoms. The first kappa shape index (κ1) is 15.8. The van der Waals surface area contributed by atoms with Crippen molar-refractivity contribution in [1.82, 2.24) is 14.3 Å². The van der Waals surface area contributed by atoms with Crippen LogP contribution in [0.1, 0.15) is 38.4 Å². The number of aromatic nitrogens is 2. The van der Waals surface area contributed by atoms with Crippen molar-refractivity contribution < 1.29 is 8.42 Å². The van der Waals surface area contributed by atoms with Gasteiger partial charge in [0.05, 0.1) is 0 Å². The predicted molar refractivity (Wildman–Crippen MR) is 79.4 cm³/mol. The van der Waals surface area contributed by atoms with Gasteiger partial charge in [-0.15, -0.1) is 11.6 Å². The molecule has 0 radical (unpaired) electrons. The van der Waals surface area contributed by atoms with Crippen LogP contribution in [0.25, 0.3) is 0 Å². The normalized spacial score (nSPS) is 23.4. The Morgan fingerprint density at radius 2 is 2.25 bits per heavy atom. The molecule has 1 heterocycles. The van der Waals surface area contributed by atoms with Gasteiger partial charge in [-0.2, -0.15) is 0 Å². The van der Waals surface area contributed by atoms with Gasteiger partial charge in [0.25, 0.3) is 10.0 Å². The van der Waals surface area contributed by atoms with Crippen molar-refractivity contribution >= 4 is 21.6 Å². The Balaban J connectivity index is 2.01. The minimum Gasteiger partial charge on any atom is -0.334 e. The van der Waals surface area contributed by atoms with E-state index >= 15 is 0 Å². The highest BCUT2D eigenvalue weighted by atomic mass is 35.5. The first-order chi connectivity index (χ1) is 9.42. The molecule has 0 amide bonds. The summed E-state index contributed by atoms with van der Waals surface area (Å²) in [5, 5.41) is 0.305. The molecule has 2 atom stereocenters. The van der Waals surface area contributed by atoms with Crippen molar-refractivity contribution in [2.45, 2.75) is 56.5 Å². The molecule has 5 nitrogen and oxygen atoms in total. The molecule has 2 rings (SSSR count). The second-order valence-corrected chi connectivity index (χ2v) is 7.78. The number of rotatable bonds is 6. The van der Waals surface area contributed by atoms with Gasteiger partial charge in [-0.25, -0.2) is 18.1 Å². The fourth-order valence-electron chi connectivity index (χ4n) is 2.58. The molecule has 0 saturated heterocycles. The summed E-state index contributed by atoms with van der Waals surface area (Å²) in [5.74, 6) is 1.07. The third-order valence-corrected chi connectivity index (χ3v) is 5.42. The van der Waals surface area contributed by atoms with E-state index in [1.807, 2.05) is 11.5 Å². The van der Waals surface area contributed by atoms with Crippen LogP contribution in [0.3, 0.4) is 0 Å². The van der Waals surface area contributed by atoms with Crippen LogP contribution in [0, 0.1) is 12.8 Å². The SMILES string of the molecule is CCCn1cc(S(=O)(=O)NCC2CCC(Cl)C2)nc1C. The Kier molecular flexibility index (Phi) is 5.09. The number of sulfonamides is 1. The maximum Gasteiger partial charge on any atom is 0.259 e. The Morgan fingerprint density at radius 3 is 2.85 bits per heavy atom. The van der Waals surface area contributed by atoms with E-state index in [9.17, 15) is 8.42 Å². The average molecular weight is 320 g/mol. The summed E-state index contributed by atoms with van der Waals surface area (Å²) in [6, 6.07) is 0. The molecule has 1 aromatic heterocycles. The van der Waals surface area contributed by atoms with Crippen molar-refractivity contribution in [1.29, 1.82) is 0 Å². The lowest BCUT2D eigenvalue weighted by atomic mass is 10.1. The smallest absolute Gasteiger partial charge is 0.259 e. The third kappa shape index (κ3) is 3.74. The summed E-state index contributed by atoms with van der Waals surface area (Å²) in [5.41, 5.74) is 0. The number of nitrogens with one attached hydrogen (secondary N) is 1. The van der Waals surface area contributed by atoms with Gasteiger partial charge in [-0.1, -0.05) is 6.92 Å². The van der Waals surface area contributed by atoms with E-state index in [0.29, 0.717) is 12.5 Å². The Labute approximate surface area is 125 Å². The third-order valence-electron chi connectivity index (χ3n) is 3.73. The molecule has 2 unspecified atom stereocenters. The zero-order chi connectivity index (χ0) is 14.8. The zero-order valence-corrected chi connectivity index (χ0v) is 13.5. The topological polar surface area (TPSA) is 64.0 Å². The van der Waals surface area contributed by atoms with Crippen LogP contribution in [-0.2, 0) is 16.6 Å². The van der Waals surface area contributed by atoms with Gasteiger partial charge in [0, 0.05) is 24.7 Å². The van der Waals surface area contributed by atoms with E-state index in [1.54, 1.807) is 6.20 Å². The number of halogens is 1. The number of alkyl halides is 1. The molecular formula is C13H22ClN3O2S. The lowest BCUT2D eigenvalue weighted by molar-refractivity contribution is 0.518. The maximum atomic E-state index is 12.2. The lowest BCUT2D eigenvalue weighted by Gasteiger charge is -2.09. The van der Waals surface area contributed by atoms with E-state index in [2.05, 4.69) is 16.6 Å². The average Bonchev–Trinajstić information content (AvgIpc) is 2.95. The fraction of sp³-hybridized carbons (Fsp3) is 0.769. The second-order valence-electron chi connectivity index (χ2n) is 5.45. The first-order valence-corrected chi connectivity index (χ1v) is 9.02. The van der Waals surface area contributed by atoms with Crippen molar-refractivity contribution in [2.24, 2.45) is 5.92 Å². The van der Waals surface area contributed by atoms with Gasteiger partial charge < -0.3 is 4.57 Å². The molecule has 114 valence electrons. The number of hydrogen-bond donors (Lipinski definition) is 1. The van der Waals surface area contributed by atoms with E-state index in [0.717, 1.165) is 38.1 Å². The highest BCUT2D eigenvalue weighted by molar-refractivity contribution is 7.89. The van der Waals surface area contributed by atoms with Crippen LogP contribution in [0.15, 0.2) is 11.2 Å². The molecule has 0 bridgehead atoms. The number of aryl methyl sites for hydroxylation is 2. The van der Waals surface area contributed by atoms with E-state index in [4.69, 9.17) is 11.6 Å². The minimum absolute atomic E-state index is 0.115. The van der Waals surface area contributed by atoms with Gasteiger partial charge in [0.15, 0.2) is 5.03 Å². The molecule has 20 heavy (non-hydrogen) atoms. The van der Waals surface area contributed by atoms with E-state index in [1.165, 1.54) is 0 Å². The molecule has 1 N–H and O–H groups in total. The van der Waals surface area contributed by atoms with Crippen molar-refractivity contribution in [3.63, 3.8) is 0 Å². The van der Waals surface area contributed by atoms with Crippen molar-refractivity contribution in [3.8, 4) is 0 Å². The van der Waals surface area contributed by atoms with Gasteiger partial charge in [-0.3, -0.25) is 0 Å². The monoisotopic (exact) mass is 319 g/mol. The molecule has 1 saturated carbocycles. The lowest BCUT2D eigenvalue weighted by Crippen LogP contribution is -2.29. The van der Waals surface area contributed by atoms with E-state index < -0.39 is 10.0 Å². The second kappa shape index (κ2) is 6.45. The summed E-state index contributed by atoms with van der Waals surface area (Å²) in [6.07, 6.45) is 5.40. The van der Waals surface area contributed by atoms with Gasteiger partial charge in [0.1, 0.15) is 5.82 Å². The molecular weight excluding hydrogens is 298 g/mol. The largest absolute Gasteiger partial charge is 0.334 e. The molecule has 1 aliphatic rings. The summed E-state index contributed by atoms with van der Waals surface area (Å²) >= 11 is 6.04. The van der Waals surface area contributed by atoms with Gasteiger partial charge in [0.2, 0.25) is 0 Å². The summed E-state index contributed by atoms with van der Waals surface area (Å²) in [6.45, 7) is 5.11. The molecule has 1 fully saturated rings. The molecule has 0 aliphatic heterocycles. The van der Waals surface area contributed by atoms with Crippen molar-refractivity contribution in [3.05, 3.63) is 12.0 Å². The predicted octanol–water partition coefficient (Wildman–Crippen LogP) is 2.29. The summed E-state index contributed by atoms with van der Waals surface area (Å²) in [4.78, 5) is 4.15. The fourth-order valence-corrected chi connectivity index (χ4v) is 4.08. The highest BCUT2D eigenvalue weighted by Gasteiger charge is 2.26. The van der Waals surface area contributed by atoms with Gasteiger partial charge >= 0.3 is 0 Å². The van der Waals surface area contributed by atoms with Gasteiger partial charge in [-0.05, 0) is 38.5 Å². The first-order valence-electron chi connectivity index (χ1n) is 7.10. The van der Waals surface area contributed by atoms with Crippen molar-refractivity contribution in [2.75, 3.05) is 6.54 Å². The van der Waals surface area contributed by atoms with Crippen LogP contribution in [0.5, 0.6) is 0 Å². The Hall–Kier alpha value is -0.590. The Bertz CT molecular complexity index is 556. The number of hydrogen-bond acceptors (Lipinski definition) is 3. The highest BCUT2D eigenvalue weighted by Crippen LogP contribution is 2.29. The quantitative estimate of drug-likeness (QED) is 0.818. The Morgan fingerprint density at radius 1 is 1.50 bits per heavy atom.